The summed E-state index contributed by atoms with van der Waals surface area (Å²) < 4.78 is 12.5. The molecule has 2 heterocycles. The summed E-state index contributed by atoms with van der Waals surface area (Å²) in [4.78, 5) is 12.7. The van der Waals surface area contributed by atoms with Crippen molar-refractivity contribution in [3.05, 3.63) is 0 Å². The van der Waals surface area contributed by atoms with Crippen molar-refractivity contribution in [2.75, 3.05) is 6.61 Å². The number of hydrogen-bond donors (Lipinski definition) is 0. The predicted octanol–water partition coefficient (Wildman–Crippen LogP) is 4.48. The van der Waals surface area contributed by atoms with Crippen molar-refractivity contribution in [3.8, 4) is 0 Å². The standard InChI is InChI=1S/C19H32O3/c1-6-16(2,3)15(20)22-19-10-14-7-8-21-18(5,13-19)11-17(4,9-14)12-19/h14H,6-13H2,1-5H3. The molecule has 0 aromatic carbocycles. The highest BCUT2D eigenvalue weighted by atomic mass is 16.6. The Kier molecular flexibility index (Phi) is 3.67. The smallest absolute Gasteiger partial charge is 0.312 e. The van der Waals surface area contributed by atoms with Crippen LogP contribution in [0.15, 0.2) is 0 Å². The summed E-state index contributed by atoms with van der Waals surface area (Å²) in [7, 11) is 0. The molecule has 0 radical (unpaired) electrons. The van der Waals surface area contributed by atoms with Crippen molar-refractivity contribution in [3.63, 3.8) is 0 Å². The van der Waals surface area contributed by atoms with Crippen molar-refractivity contribution < 1.29 is 14.3 Å². The highest BCUT2D eigenvalue weighted by Crippen LogP contribution is 2.60. The molecule has 2 saturated heterocycles. The Labute approximate surface area is 135 Å². The molecule has 4 rings (SSSR count). The van der Waals surface area contributed by atoms with Crippen LogP contribution in [0.25, 0.3) is 0 Å². The third kappa shape index (κ3) is 2.81. The summed E-state index contributed by atoms with van der Waals surface area (Å²) in [6.45, 7) is 11.5. The van der Waals surface area contributed by atoms with Crippen LogP contribution in [0.2, 0.25) is 0 Å². The molecule has 0 amide bonds. The molecular formula is C19H32O3. The van der Waals surface area contributed by atoms with E-state index in [0.717, 1.165) is 45.1 Å². The molecule has 3 nitrogen and oxygen atoms in total. The van der Waals surface area contributed by atoms with E-state index in [-0.39, 0.29) is 22.6 Å². The van der Waals surface area contributed by atoms with E-state index in [1.54, 1.807) is 0 Å². The second-order valence-corrected chi connectivity index (χ2v) is 9.51. The molecule has 2 aliphatic carbocycles. The van der Waals surface area contributed by atoms with Gasteiger partial charge in [-0.25, -0.2) is 0 Å². The van der Waals surface area contributed by atoms with E-state index in [1.807, 2.05) is 13.8 Å². The summed E-state index contributed by atoms with van der Waals surface area (Å²) in [6.07, 6.45) is 7.22. The average molecular weight is 308 g/mol. The van der Waals surface area contributed by atoms with Gasteiger partial charge < -0.3 is 9.47 Å². The lowest BCUT2D eigenvalue weighted by Gasteiger charge is -2.60. The van der Waals surface area contributed by atoms with Gasteiger partial charge in [-0.15, -0.1) is 0 Å². The Morgan fingerprint density at radius 1 is 1.23 bits per heavy atom. The molecule has 2 saturated carbocycles. The zero-order chi connectivity index (χ0) is 16.2. The van der Waals surface area contributed by atoms with Crippen molar-refractivity contribution in [2.45, 2.75) is 90.8 Å². The predicted molar refractivity (Wildman–Crippen MR) is 86.6 cm³/mol. The number of carbonyl (C=O) groups excluding carboxylic acids is 1. The molecule has 2 aliphatic heterocycles. The summed E-state index contributed by atoms with van der Waals surface area (Å²) in [5.74, 6) is 0.615. The highest BCUT2D eigenvalue weighted by Gasteiger charge is 2.59. The first-order chi connectivity index (χ1) is 10.1. The minimum absolute atomic E-state index is 0.0252. The largest absolute Gasteiger partial charge is 0.459 e. The van der Waals surface area contributed by atoms with E-state index in [9.17, 15) is 4.79 Å². The van der Waals surface area contributed by atoms with Gasteiger partial charge in [-0.2, -0.15) is 0 Å². The maximum Gasteiger partial charge on any atom is 0.312 e. The summed E-state index contributed by atoms with van der Waals surface area (Å²) >= 11 is 0. The normalized spacial score (nSPS) is 44.5. The van der Waals surface area contributed by atoms with Crippen LogP contribution < -0.4 is 0 Å². The third-order valence-electron chi connectivity index (χ3n) is 6.41. The van der Waals surface area contributed by atoms with Crippen LogP contribution >= 0.6 is 0 Å². The Morgan fingerprint density at radius 3 is 2.64 bits per heavy atom. The topological polar surface area (TPSA) is 35.5 Å². The summed E-state index contributed by atoms with van der Waals surface area (Å²) in [6, 6.07) is 0. The quantitative estimate of drug-likeness (QED) is 0.721. The van der Waals surface area contributed by atoms with Crippen LogP contribution in [0.5, 0.6) is 0 Å². The maximum atomic E-state index is 12.7. The molecule has 126 valence electrons. The van der Waals surface area contributed by atoms with Crippen molar-refractivity contribution in [2.24, 2.45) is 16.7 Å². The molecule has 4 unspecified atom stereocenters. The number of esters is 1. The number of fused-ring (bicyclic) bond motifs is 2. The van der Waals surface area contributed by atoms with E-state index < -0.39 is 5.41 Å². The molecule has 3 heteroatoms. The van der Waals surface area contributed by atoms with Crippen molar-refractivity contribution in [1.82, 2.24) is 0 Å². The van der Waals surface area contributed by atoms with Gasteiger partial charge in [0.25, 0.3) is 0 Å². The molecule has 0 spiro atoms. The van der Waals surface area contributed by atoms with Crippen molar-refractivity contribution >= 4 is 5.97 Å². The van der Waals surface area contributed by atoms with Crippen LogP contribution in [0, 0.1) is 16.7 Å². The van der Waals surface area contributed by atoms with Crippen LogP contribution in [-0.2, 0) is 14.3 Å². The molecule has 0 aromatic heterocycles. The van der Waals surface area contributed by atoms with Gasteiger partial charge in [-0.05, 0) is 70.6 Å². The van der Waals surface area contributed by atoms with E-state index in [0.29, 0.717) is 5.92 Å². The van der Waals surface area contributed by atoms with Gasteiger partial charge in [0.1, 0.15) is 5.60 Å². The lowest BCUT2D eigenvalue weighted by molar-refractivity contribution is -0.232. The highest BCUT2D eigenvalue weighted by molar-refractivity contribution is 5.76. The average Bonchev–Trinajstić information content (AvgIpc) is 2.33. The Hall–Kier alpha value is -0.570. The number of carbonyl (C=O) groups is 1. The lowest BCUT2D eigenvalue weighted by Crippen LogP contribution is -2.60. The van der Waals surface area contributed by atoms with Gasteiger partial charge in [0.2, 0.25) is 0 Å². The number of ether oxygens (including phenoxy) is 2. The molecule has 4 atom stereocenters. The number of hydrogen-bond acceptors (Lipinski definition) is 3. The van der Waals surface area contributed by atoms with Crippen LogP contribution in [0.4, 0.5) is 0 Å². The minimum atomic E-state index is -0.392. The first kappa shape index (κ1) is 16.3. The van der Waals surface area contributed by atoms with E-state index in [2.05, 4.69) is 20.8 Å². The van der Waals surface area contributed by atoms with Crippen molar-refractivity contribution in [1.29, 1.82) is 0 Å². The van der Waals surface area contributed by atoms with Gasteiger partial charge in [0.15, 0.2) is 0 Å². The second kappa shape index (κ2) is 4.96. The molecular weight excluding hydrogens is 276 g/mol. The second-order valence-electron chi connectivity index (χ2n) is 9.51. The first-order valence-electron chi connectivity index (χ1n) is 8.97. The molecule has 4 fully saturated rings. The Bertz CT molecular complexity index is 469. The molecule has 0 aromatic rings. The Balaban J connectivity index is 1.90. The van der Waals surface area contributed by atoms with Crippen LogP contribution in [-0.4, -0.2) is 23.8 Å². The van der Waals surface area contributed by atoms with Gasteiger partial charge >= 0.3 is 5.97 Å². The van der Waals surface area contributed by atoms with Gasteiger partial charge in [-0.1, -0.05) is 13.8 Å². The fourth-order valence-electron chi connectivity index (χ4n) is 5.50. The lowest BCUT2D eigenvalue weighted by atomic mass is 9.53. The van der Waals surface area contributed by atoms with Crippen LogP contribution in [0.3, 0.4) is 0 Å². The molecule has 0 N–H and O–H groups in total. The maximum absolute atomic E-state index is 12.7. The summed E-state index contributed by atoms with van der Waals surface area (Å²) in [5.41, 5.74) is -0.562. The SMILES string of the molecule is CCC(C)(C)C(=O)OC12CC3CCOC(C)(CC(C)(C3)C1)C2. The minimum Gasteiger partial charge on any atom is -0.459 e. The zero-order valence-electron chi connectivity index (χ0n) is 15.0. The van der Waals surface area contributed by atoms with E-state index in [4.69, 9.17) is 9.47 Å². The number of rotatable bonds is 3. The van der Waals surface area contributed by atoms with E-state index in [1.165, 1.54) is 6.42 Å². The third-order valence-corrected chi connectivity index (χ3v) is 6.41. The molecule has 4 bridgehead atoms. The Morgan fingerprint density at radius 2 is 1.95 bits per heavy atom. The zero-order valence-corrected chi connectivity index (χ0v) is 15.0. The first-order valence-corrected chi connectivity index (χ1v) is 8.97. The van der Waals surface area contributed by atoms with Gasteiger partial charge in [0.05, 0.1) is 11.0 Å². The fraction of sp³-hybridized carbons (Fsp3) is 0.947. The molecule has 22 heavy (non-hydrogen) atoms. The van der Waals surface area contributed by atoms with E-state index >= 15 is 0 Å². The molecule has 4 aliphatic rings. The summed E-state index contributed by atoms with van der Waals surface area (Å²) in [5, 5.41) is 0. The fourth-order valence-corrected chi connectivity index (χ4v) is 5.50. The van der Waals surface area contributed by atoms with Crippen LogP contribution in [0.1, 0.15) is 79.6 Å². The monoisotopic (exact) mass is 308 g/mol. The van der Waals surface area contributed by atoms with Gasteiger partial charge in [0, 0.05) is 13.0 Å². The van der Waals surface area contributed by atoms with Gasteiger partial charge in [-0.3, -0.25) is 4.79 Å².